The smallest absolute Gasteiger partial charge is 0.342 e. The fraction of sp³-hybridized carbons (Fsp3) is 0.350. The molecule has 0 aliphatic rings. The summed E-state index contributed by atoms with van der Waals surface area (Å²) in [4.78, 5) is 36.0. The molecular formula is C20H23NO7. The first-order valence-electron chi connectivity index (χ1n) is 8.59. The van der Waals surface area contributed by atoms with Gasteiger partial charge in [0.2, 0.25) is 5.78 Å². The molecule has 0 saturated carbocycles. The first-order chi connectivity index (χ1) is 13.3. The Kier molecular flexibility index (Phi) is 6.81. The highest BCUT2D eigenvalue weighted by molar-refractivity contribution is 6.01. The Labute approximate surface area is 162 Å². The zero-order valence-corrected chi connectivity index (χ0v) is 16.3. The molecule has 8 nitrogen and oxygen atoms in total. The summed E-state index contributed by atoms with van der Waals surface area (Å²) in [6.45, 7) is 3.50. The SMILES string of the molecule is COC(=O)CCn1c(C)cc(C(=O)COC(=O)c2ccc(OC)cc2O)c1C. The number of Topliss-reactive ketones (excluding diaryl/α,β-unsaturated/α-hetero) is 1. The third kappa shape index (κ3) is 4.70. The molecule has 0 aliphatic heterocycles. The van der Waals surface area contributed by atoms with Gasteiger partial charge in [0.05, 0.1) is 20.6 Å². The summed E-state index contributed by atoms with van der Waals surface area (Å²) < 4.78 is 16.5. The van der Waals surface area contributed by atoms with Crippen molar-refractivity contribution in [3.63, 3.8) is 0 Å². The molecule has 2 rings (SSSR count). The number of phenolic OH excluding ortho intramolecular Hbond substituents is 1. The fourth-order valence-electron chi connectivity index (χ4n) is 2.83. The predicted molar refractivity (Wildman–Crippen MR) is 99.8 cm³/mol. The minimum atomic E-state index is -0.812. The molecular weight excluding hydrogens is 366 g/mol. The number of carbonyl (C=O) groups excluding carboxylic acids is 3. The standard InChI is InChI=1S/C20H23NO7/c1-12-9-16(13(2)21(12)8-7-19(24)27-4)18(23)11-28-20(25)15-6-5-14(26-3)10-17(15)22/h5-6,9-10,22H,7-8,11H2,1-4H3. The van der Waals surface area contributed by atoms with Crippen LogP contribution in [0.5, 0.6) is 11.5 Å². The van der Waals surface area contributed by atoms with Crippen molar-refractivity contribution in [2.75, 3.05) is 20.8 Å². The molecule has 1 aromatic carbocycles. The van der Waals surface area contributed by atoms with Crippen molar-refractivity contribution in [1.82, 2.24) is 4.57 Å². The fourth-order valence-corrected chi connectivity index (χ4v) is 2.83. The van der Waals surface area contributed by atoms with Gasteiger partial charge in [-0.2, -0.15) is 0 Å². The van der Waals surface area contributed by atoms with E-state index in [2.05, 4.69) is 4.74 Å². The lowest BCUT2D eigenvalue weighted by Gasteiger charge is -2.09. The molecule has 1 aromatic heterocycles. The number of aryl methyl sites for hydroxylation is 1. The lowest BCUT2D eigenvalue weighted by atomic mass is 10.1. The highest BCUT2D eigenvalue weighted by atomic mass is 16.5. The van der Waals surface area contributed by atoms with Crippen LogP contribution in [0.3, 0.4) is 0 Å². The Morgan fingerprint density at radius 3 is 2.39 bits per heavy atom. The van der Waals surface area contributed by atoms with E-state index in [1.165, 1.54) is 32.4 Å². The Hall–Kier alpha value is -3.29. The summed E-state index contributed by atoms with van der Waals surface area (Å²) in [6, 6.07) is 5.84. The van der Waals surface area contributed by atoms with Gasteiger partial charge in [-0.15, -0.1) is 0 Å². The molecule has 0 amide bonds. The van der Waals surface area contributed by atoms with Crippen LogP contribution in [0.2, 0.25) is 0 Å². The molecule has 0 atom stereocenters. The van der Waals surface area contributed by atoms with Crippen LogP contribution in [0.4, 0.5) is 0 Å². The number of carbonyl (C=O) groups is 3. The zero-order valence-electron chi connectivity index (χ0n) is 16.3. The predicted octanol–water partition coefficient (Wildman–Crippen LogP) is 2.42. The largest absolute Gasteiger partial charge is 0.507 e. The Balaban J connectivity index is 2.05. The molecule has 0 bridgehead atoms. The van der Waals surface area contributed by atoms with Gasteiger partial charge in [-0.1, -0.05) is 0 Å². The number of aromatic hydroxyl groups is 1. The van der Waals surface area contributed by atoms with Crippen molar-refractivity contribution in [2.24, 2.45) is 0 Å². The number of phenols is 1. The maximum Gasteiger partial charge on any atom is 0.342 e. The topological polar surface area (TPSA) is 104 Å². The molecule has 1 heterocycles. The summed E-state index contributed by atoms with van der Waals surface area (Å²) in [6.07, 6.45) is 0.187. The number of aromatic nitrogens is 1. The van der Waals surface area contributed by atoms with Crippen molar-refractivity contribution in [2.45, 2.75) is 26.8 Å². The molecule has 1 N–H and O–H groups in total. The van der Waals surface area contributed by atoms with Gasteiger partial charge in [-0.25, -0.2) is 4.79 Å². The minimum Gasteiger partial charge on any atom is -0.507 e. The molecule has 150 valence electrons. The highest BCUT2D eigenvalue weighted by Gasteiger charge is 2.20. The van der Waals surface area contributed by atoms with E-state index in [1.807, 2.05) is 11.5 Å². The van der Waals surface area contributed by atoms with Gasteiger partial charge in [0.15, 0.2) is 6.61 Å². The monoisotopic (exact) mass is 389 g/mol. The van der Waals surface area contributed by atoms with Gasteiger partial charge in [0.1, 0.15) is 17.1 Å². The summed E-state index contributed by atoms with van der Waals surface area (Å²) in [5.74, 6) is -1.43. The van der Waals surface area contributed by atoms with Crippen LogP contribution in [0.1, 0.15) is 38.5 Å². The second kappa shape index (κ2) is 9.07. The Morgan fingerprint density at radius 1 is 1.07 bits per heavy atom. The average Bonchev–Trinajstić information content (AvgIpc) is 2.97. The van der Waals surface area contributed by atoms with Gasteiger partial charge < -0.3 is 23.9 Å². The summed E-state index contributed by atoms with van der Waals surface area (Å²) in [7, 11) is 2.76. The van der Waals surface area contributed by atoms with Gasteiger partial charge in [0.25, 0.3) is 0 Å². The number of hydrogen-bond acceptors (Lipinski definition) is 7. The summed E-state index contributed by atoms with van der Waals surface area (Å²) >= 11 is 0. The van der Waals surface area contributed by atoms with Crippen LogP contribution < -0.4 is 4.74 Å². The van der Waals surface area contributed by atoms with Crippen LogP contribution in [0.25, 0.3) is 0 Å². The Bertz CT molecular complexity index is 898. The molecule has 8 heteroatoms. The van der Waals surface area contributed by atoms with E-state index in [-0.39, 0.29) is 29.5 Å². The van der Waals surface area contributed by atoms with Crippen molar-refractivity contribution < 1.29 is 33.7 Å². The number of ketones is 1. The summed E-state index contributed by atoms with van der Waals surface area (Å²) in [5.41, 5.74) is 1.84. The molecule has 28 heavy (non-hydrogen) atoms. The molecule has 0 fully saturated rings. The third-order valence-corrected chi connectivity index (χ3v) is 4.40. The second-order valence-electron chi connectivity index (χ2n) is 6.14. The number of benzene rings is 1. The summed E-state index contributed by atoms with van der Waals surface area (Å²) in [5, 5.41) is 9.88. The number of nitrogens with zero attached hydrogens (tertiary/aromatic N) is 1. The average molecular weight is 389 g/mol. The van der Waals surface area contributed by atoms with Gasteiger partial charge in [-0.05, 0) is 32.0 Å². The molecule has 0 radical (unpaired) electrons. The van der Waals surface area contributed by atoms with Crippen molar-refractivity contribution in [1.29, 1.82) is 0 Å². The van der Waals surface area contributed by atoms with E-state index >= 15 is 0 Å². The first-order valence-corrected chi connectivity index (χ1v) is 8.59. The molecule has 0 unspecified atom stereocenters. The highest BCUT2D eigenvalue weighted by Crippen LogP contribution is 2.24. The van der Waals surface area contributed by atoms with Crippen molar-refractivity contribution in [3.8, 4) is 11.5 Å². The van der Waals surface area contributed by atoms with E-state index < -0.39 is 12.6 Å². The quantitative estimate of drug-likeness (QED) is 0.546. The lowest BCUT2D eigenvalue weighted by Crippen LogP contribution is -2.15. The molecule has 2 aromatic rings. The zero-order chi connectivity index (χ0) is 20.8. The molecule has 0 aliphatic carbocycles. The second-order valence-corrected chi connectivity index (χ2v) is 6.14. The van der Waals surface area contributed by atoms with Gasteiger partial charge in [0, 0.05) is 29.6 Å². The van der Waals surface area contributed by atoms with Gasteiger partial charge in [-0.3, -0.25) is 9.59 Å². The maximum absolute atomic E-state index is 12.5. The minimum absolute atomic E-state index is 0.0582. The van der Waals surface area contributed by atoms with Crippen LogP contribution in [0, 0.1) is 13.8 Å². The van der Waals surface area contributed by atoms with E-state index in [0.29, 0.717) is 23.6 Å². The number of rotatable bonds is 8. The van der Waals surface area contributed by atoms with Crippen LogP contribution in [-0.2, 0) is 20.8 Å². The van der Waals surface area contributed by atoms with E-state index in [4.69, 9.17) is 9.47 Å². The number of methoxy groups -OCH3 is 2. The first kappa shape index (κ1) is 21.0. The van der Waals surface area contributed by atoms with Crippen molar-refractivity contribution in [3.05, 3.63) is 46.8 Å². The van der Waals surface area contributed by atoms with Crippen LogP contribution in [-0.4, -0.2) is 48.2 Å². The Morgan fingerprint density at radius 2 is 1.79 bits per heavy atom. The van der Waals surface area contributed by atoms with Gasteiger partial charge >= 0.3 is 11.9 Å². The van der Waals surface area contributed by atoms with Crippen LogP contribution >= 0.6 is 0 Å². The molecule has 0 spiro atoms. The normalized spacial score (nSPS) is 10.4. The van der Waals surface area contributed by atoms with E-state index in [0.717, 1.165) is 5.69 Å². The number of ether oxygens (including phenoxy) is 3. The van der Waals surface area contributed by atoms with Crippen molar-refractivity contribution >= 4 is 17.7 Å². The molecule has 0 saturated heterocycles. The lowest BCUT2D eigenvalue weighted by molar-refractivity contribution is -0.140. The number of hydrogen-bond donors (Lipinski definition) is 1. The third-order valence-electron chi connectivity index (χ3n) is 4.40. The van der Waals surface area contributed by atoms with E-state index in [1.54, 1.807) is 13.0 Å². The maximum atomic E-state index is 12.5. The number of esters is 2. The van der Waals surface area contributed by atoms with E-state index in [9.17, 15) is 19.5 Å². The van der Waals surface area contributed by atoms with Crippen LogP contribution in [0.15, 0.2) is 24.3 Å².